The van der Waals surface area contributed by atoms with Gasteiger partial charge in [-0.25, -0.2) is 8.42 Å². The van der Waals surface area contributed by atoms with Crippen LogP contribution in [0.25, 0.3) is 0 Å². The van der Waals surface area contributed by atoms with Crippen LogP contribution in [0.1, 0.15) is 17.5 Å². The molecule has 2 aromatic rings. The van der Waals surface area contributed by atoms with Gasteiger partial charge in [0.25, 0.3) is 10.0 Å². The van der Waals surface area contributed by atoms with Crippen molar-refractivity contribution in [1.29, 1.82) is 0 Å². The molecule has 1 fully saturated rings. The predicted molar refractivity (Wildman–Crippen MR) is 100 cm³/mol. The van der Waals surface area contributed by atoms with Gasteiger partial charge < -0.3 is 0 Å². The summed E-state index contributed by atoms with van der Waals surface area (Å²) in [6.07, 6.45) is 7.00. The summed E-state index contributed by atoms with van der Waals surface area (Å²) in [4.78, 5) is 0.270. The Kier molecular flexibility index (Phi) is 4.45. The molecule has 3 rings (SSSR count). The van der Waals surface area contributed by atoms with Gasteiger partial charge in [0.1, 0.15) is 0 Å². The van der Waals surface area contributed by atoms with E-state index in [4.69, 9.17) is 6.42 Å². The van der Waals surface area contributed by atoms with Crippen LogP contribution in [0.4, 0.5) is 0 Å². The summed E-state index contributed by atoms with van der Waals surface area (Å²) >= 11 is 0. The van der Waals surface area contributed by atoms with Crippen LogP contribution in [-0.2, 0) is 16.4 Å². The minimum Gasteiger partial charge on any atom is -0.269 e. The molecule has 0 spiro atoms. The molecular formula is C21H21NO2S. The first-order valence-corrected chi connectivity index (χ1v) is 9.63. The zero-order chi connectivity index (χ0) is 18.1. The van der Waals surface area contributed by atoms with Crippen molar-refractivity contribution in [1.82, 2.24) is 4.31 Å². The number of hydrogen-bond donors (Lipinski definition) is 0. The van der Waals surface area contributed by atoms with Crippen LogP contribution in [0, 0.1) is 24.7 Å². The molecule has 0 radical (unpaired) electrons. The predicted octanol–water partition coefficient (Wildman–Crippen LogP) is 3.77. The maximum atomic E-state index is 13.0. The van der Waals surface area contributed by atoms with Crippen molar-refractivity contribution in [3.05, 3.63) is 78.0 Å². The zero-order valence-electron chi connectivity index (χ0n) is 14.3. The van der Waals surface area contributed by atoms with Crippen LogP contribution in [0.3, 0.4) is 0 Å². The van der Waals surface area contributed by atoms with Crippen molar-refractivity contribution < 1.29 is 8.42 Å². The fourth-order valence-electron chi connectivity index (χ4n) is 3.25. The second-order valence-electron chi connectivity index (χ2n) is 6.48. The Labute approximate surface area is 150 Å². The highest BCUT2D eigenvalue weighted by Gasteiger charge is 2.45. The lowest BCUT2D eigenvalue weighted by Gasteiger charge is -2.27. The molecule has 2 aromatic carbocycles. The van der Waals surface area contributed by atoms with Gasteiger partial charge in [0, 0.05) is 12.2 Å². The SMILES string of the molecule is C#CC1(Cc2ccccc2)CCN(S(=O)(=O)c2ccc(C)cc2)C1=C. The molecule has 1 atom stereocenters. The van der Waals surface area contributed by atoms with E-state index in [2.05, 4.69) is 12.5 Å². The lowest BCUT2D eigenvalue weighted by molar-refractivity contribution is 0.482. The van der Waals surface area contributed by atoms with Crippen molar-refractivity contribution in [2.24, 2.45) is 5.41 Å². The maximum absolute atomic E-state index is 13.0. The van der Waals surface area contributed by atoms with Crippen LogP contribution in [0.2, 0.25) is 0 Å². The average Bonchev–Trinajstić information content (AvgIpc) is 2.94. The van der Waals surface area contributed by atoms with Crippen molar-refractivity contribution in [2.75, 3.05) is 6.54 Å². The molecule has 1 unspecified atom stereocenters. The van der Waals surface area contributed by atoms with E-state index in [9.17, 15) is 8.42 Å². The number of hydrogen-bond acceptors (Lipinski definition) is 2. The molecule has 0 aliphatic carbocycles. The first-order valence-electron chi connectivity index (χ1n) is 8.19. The van der Waals surface area contributed by atoms with Gasteiger partial charge in [0.15, 0.2) is 0 Å². The van der Waals surface area contributed by atoms with E-state index in [1.807, 2.05) is 37.3 Å². The van der Waals surface area contributed by atoms with Crippen LogP contribution in [0.15, 0.2) is 71.8 Å². The maximum Gasteiger partial charge on any atom is 0.264 e. The minimum atomic E-state index is -3.64. The van der Waals surface area contributed by atoms with Crippen molar-refractivity contribution in [3.63, 3.8) is 0 Å². The molecule has 3 nitrogen and oxygen atoms in total. The van der Waals surface area contributed by atoms with Gasteiger partial charge in [-0.2, -0.15) is 0 Å². The Balaban J connectivity index is 1.92. The van der Waals surface area contributed by atoms with E-state index in [0.29, 0.717) is 25.1 Å². The van der Waals surface area contributed by atoms with Crippen molar-refractivity contribution >= 4 is 10.0 Å². The minimum absolute atomic E-state index is 0.270. The van der Waals surface area contributed by atoms with Crippen LogP contribution < -0.4 is 0 Å². The summed E-state index contributed by atoms with van der Waals surface area (Å²) in [6, 6.07) is 16.7. The molecule has 4 heteroatoms. The standard InChI is InChI=1S/C21H21NO2S/c1-4-21(16-19-8-6-5-7-9-19)14-15-22(18(21)3)25(23,24)20-12-10-17(2)11-13-20/h1,5-13H,3,14-16H2,2H3. The summed E-state index contributed by atoms with van der Waals surface area (Å²) in [6.45, 7) is 6.35. The second kappa shape index (κ2) is 6.42. The Morgan fingerprint density at radius 3 is 2.40 bits per heavy atom. The van der Waals surface area contributed by atoms with Crippen molar-refractivity contribution in [3.8, 4) is 12.3 Å². The summed E-state index contributed by atoms with van der Waals surface area (Å²) in [5.41, 5.74) is 1.91. The number of benzene rings is 2. The summed E-state index contributed by atoms with van der Waals surface area (Å²) in [7, 11) is -3.64. The van der Waals surface area contributed by atoms with E-state index in [1.54, 1.807) is 24.3 Å². The summed E-state index contributed by atoms with van der Waals surface area (Å²) in [5.74, 6) is 2.83. The highest BCUT2D eigenvalue weighted by atomic mass is 32.2. The number of sulfonamides is 1. The van der Waals surface area contributed by atoms with Crippen LogP contribution in [-0.4, -0.2) is 19.3 Å². The third kappa shape index (κ3) is 3.08. The van der Waals surface area contributed by atoms with E-state index in [1.165, 1.54) is 4.31 Å². The lowest BCUT2D eigenvalue weighted by atomic mass is 9.79. The lowest BCUT2D eigenvalue weighted by Crippen LogP contribution is -2.30. The largest absolute Gasteiger partial charge is 0.269 e. The summed E-state index contributed by atoms with van der Waals surface area (Å²) in [5, 5.41) is 0. The Hall–Kier alpha value is -2.51. The number of terminal acetylenes is 1. The number of allylic oxidation sites excluding steroid dienone is 1. The Morgan fingerprint density at radius 1 is 1.16 bits per heavy atom. The van der Waals surface area contributed by atoms with Crippen LogP contribution in [0.5, 0.6) is 0 Å². The molecule has 1 aliphatic rings. The Morgan fingerprint density at radius 2 is 1.80 bits per heavy atom. The first kappa shape index (κ1) is 17.3. The zero-order valence-corrected chi connectivity index (χ0v) is 15.1. The Bertz CT molecular complexity index is 924. The number of aryl methyl sites for hydroxylation is 1. The highest BCUT2D eigenvalue weighted by molar-refractivity contribution is 7.89. The van der Waals surface area contributed by atoms with E-state index < -0.39 is 15.4 Å². The molecule has 0 bridgehead atoms. The molecule has 0 saturated carbocycles. The fraction of sp³-hybridized carbons (Fsp3) is 0.238. The first-order chi connectivity index (χ1) is 11.9. The van der Waals surface area contributed by atoms with Gasteiger partial charge in [-0.15, -0.1) is 6.42 Å². The van der Waals surface area contributed by atoms with Gasteiger partial charge in [-0.3, -0.25) is 4.31 Å². The molecule has 0 amide bonds. The molecule has 128 valence electrons. The molecule has 0 N–H and O–H groups in total. The number of nitrogens with zero attached hydrogens (tertiary/aromatic N) is 1. The molecule has 1 heterocycles. The van der Waals surface area contributed by atoms with Crippen molar-refractivity contribution in [2.45, 2.75) is 24.7 Å². The van der Waals surface area contributed by atoms with E-state index in [-0.39, 0.29) is 4.90 Å². The van der Waals surface area contributed by atoms with Crippen LogP contribution >= 0.6 is 0 Å². The molecule has 25 heavy (non-hydrogen) atoms. The average molecular weight is 351 g/mol. The van der Waals surface area contributed by atoms with E-state index in [0.717, 1.165) is 11.1 Å². The fourth-order valence-corrected chi connectivity index (χ4v) is 4.79. The monoisotopic (exact) mass is 351 g/mol. The molecule has 1 saturated heterocycles. The normalized spacial score (nSPS) is 20.5. The molecular weight excluding hydrogens is 330 g/mol. The second-order valence-corrected chi connectivity index (χ2v) is 8.34. The topological polar surface area (TPSA) is 37.4 Å². The smallest absolute Gasteiger partial charge is 0.264 e. The molecule has 0 aromatic heterocycles. The number of rotatable bonds is 4. The van der Waals surface area contributed by atoms with Gasteiger partial charge in [-0.05, 0) is 37.5 Å². The van der Waals surface area contributed by atoms with Gasteiger partial charge in [0.2, 0.25) is 0 Å². The third-order valence-corrected chi connectivity index (χ3v) is 6.68. The van der Waals surface area contributed by atoms with Gasteiger partial charge in [-0.1, -0.05) is 60.5 Å². The third-order valence-electron chi connectivity index (χ3n) is 4.83. The molecule has 1 aliphatic heterocycles. The highest BCUT2D eigenvalue weighted by Crippen LogP contribution is 2.44. The van der Waals surface area contributed by atoms with Gasteiger partial charge >= 0.3 is 0 Å². The van der Waals surface area contributed by atoms with Gasteiger partial charge in [0.05, 0.1) is 10.3 Å². The van der Waals surface area contributed by atoms with E-state index >= 15 is 0 Å². The quantitative estimate of drug-likeness (QED) is 0.787. The summed E-state index contributed by atoms with van der Waals surface area (Å²) < 4.78 is 27.4.